The molecule has 0 atom stereocenters. The van der Waals surface area contributed by atoms with Crippen molar-refractivity contribution in [2.75, 3.05) is 39.0 Å². The van der Waals surface area contributed by atoms with E-state index in [0.29, 0.717) is 13.1 Å². The summed E-state index contributed by atoms with van der Waals surface area (Å²) in [5.74, 6) is 0.651. The molecule has 0 spiro atoms. The molecule has 1 rings (SSSR count). The number of hydrogen-bond donors (Lipinski definition) is 1. The van der Waals surface area contributed by atoms with E-state index in [0.717, 1.165) is 18.0 Å². The highest BCUT2D eigenvalue weighted by Gasteiger charge is 2.11. The molecule has 1 aromatic carbocycles. The Bertz CT molecular complexity index is 527. The van der Waals surface area contributed by atoms with Crippen LogP contribution in [0.15, 0.2) is 24.3 Å². The highest BCUT2D eigenvalue weighted by Crippen LogP contribution is 2.17. The minimum Gasteiger partial charge on any atom is -0.491 e. The molecule has 134 valence electrons. The maximum atomic E-state index is 12.0. The van der Waals surface area contributed by atoms with Gasteiger partial charge in [0.1, 0.15) is 5.75 Å². The SMILES string of the molecule is CC(=O)N(CCC(=O)Nc1ccc(OC(C)C)cc1)CCN(C)C. The van der Waals surface area contributed by atoms with Crippen LogP contribution in [0.5, 0.6) is 5.75 Å². The lowest BCUT2D eigenvalue weighted by molar-refractivity contribution is -0.129. The van der Waals surface area contributed by atoms with E-state index in [9.17, 15) is 9.59 Å². The van der Waals surface area contributed by atoms with Crippen LogP contribution in [0, 0.1) is 0 Å². The zero-order valence-electron chi connectivity index (χ0n) is 15.3. The molecule has 0 aliphatic rings. The Kier molecular flexibility index (Phi) is 8.26. The maximum absolute atomic E-state index is 12.0. The van der Waals surface area contributed by atoms with Gasteiger partial charge in [0, 0.05) is 38.7 Å². The van der Waals surface area contributed by atoms with Gasteiger partial charge in [-0.15, -0.1) is 0 Å². The van der Waals surface area contributed by atoms with Gasteiger partial charge in [0.05, 0.1) is 6.10 Å². The van der Waals surface area contributed by atoms with E-state index < -0.39 is 0 Å². The van der Waals surface area contributed by atoms with E-state index >= 15 is 0 Å². The number of nitrogens with one attached hydrogen (secondary N) is 1. The van der Waals surface area contributed by atoms with Crippen LogP contribution in [0.25, 0.3) is 0 Å². The second-order valence-electron chi connectivity index (χ2n) is 6.30. The summed E-state index contributed by atoms with van der Waals surface area (Å²) < 4.78 is 5.56. The van der Waals surface area contributed by atoms with Crippen molar-refractivity contribution in [3.63, 3.8) is 0 Å². The summed E-state index contributed by atoms with van der Waals surface area (Å²) in [6.45, 7) is 7.28. The predicted octanol–water partition coefficient (Wildman–Crippen LogP) is 2.21. The lowest BCUT2D eigenvalue weighted by atomic mass is 10.2. The van der Waals surface area contributed by atoms with E-state index in [-0.39, 0.29) is 24.3 Å². The van der Waals surface area contributed by atoms with Crippen LogP contribution >= 0.6 is 0 Å². The van der Waals surface area contributed by atoms with Crippen molar-refractivity contribution in [3.05, 3.63) is 24.3 Å². The fourth-order valence-electron chi connectivity index (χ4n) is 2.10. The molecule has 0 aliphatic carbocycles. The predicted molar refractivity (Wildman–Crippen MR) is 96.3 cm³/mol. The Morgan fingerprint density at radius 2 is 1.71 bits per heavy atom. The molecule has 1 aromatic rings. The van der Waals surface area contributed by atoms with E-state index in [4.69, 9.17) is 4.74 Å². The van der Waals surface area contributed by atoms with Crippen LogP contribution in [-0.2, 0) is 9.59 Å². The normalized spacial score (nSPS) is 10.8. The number of anilines is 1. The molecule has 0 heterocycles. The molecule has 0 saturated heterocycles. The molecule has 6 heteroatoms. The van der Waals surface area contributed by atoms with Crippen molar-refractivity contribution in [1.29, 1.82) is 0 Å². The number of likely N-dealkylation sites (N-methyl/N-ethyl adjacent to an activating group) is 1. The van der Waals surface area contributed by atoms with Crippen LogP contribution in [0.1, 0.15) is 27.2 Å². The van der Waals surface area contributed by atoms with E-state index in [1.54, 1.807) is 4.90 Å². The highest BCUT2D eigenvalue weighted by atomic mass is 16.5. The fourth-order valence-corrected chi connectivity index (χ4v) is 2.10. The number of nitrogens with zero attached hydrogens (tertiary/aromatic N) is 2. The van der Waals surface area contributed by atoms with Gasteiger partial charge in [-0.1, -0.05) is 0 Å². The average molecular weight is 335 g/mol. The number of amides is 2. The third kappa shape index (κ3) is 7.97. The van der Waals surface area contributed by atoms with Crippen LogP contribution in [-0.4, -0.2) is 61.4 Å². The first kappa shape index (κ1) is 20.0. The Morgan fingerprint density at radius 1 is 1.08 bits per heavy atom. The summed E-state index contributed by atoms with van der Waals surface area (Å²) in [7, 11) is 3.91. The number of benzene rings is 1. The monoisotopic (exact) mass is 335 g/mol. The Balaban J connectivity index is 2.45. The van der Waals surface area contributed by atoms with Gasteiger partial charge >= 0.3 is 0 Å². The summed E-state index contributed by atoms with van der Waals surface area (Å²) in [4.78, 5) is 27.4. The molecule has 0 aromatic heterocycles. The van der Waals surface area contributed by atoms with Crippen molar-refractivity contribution in [2.24, 2.45) is 0 Å². The summed E-state index contributed by atoms with van der Waals surface area (Å²) in [6, 6.07) is 7.28. The zero-order chi connectivity index (χ0) is 18.1. The standard InChI is InChI=1S/C18H29N3O3/c1-14(2)24-17-8-6-16(7-9-17)19-18(23)10-11-21(15(3)22)13-12-20(4)5/h6-9,14H,10-13H2,1-5H3,(H,19,23). The van der Waals surface area contributed by atoms with Gasteiger partial charge in [-0.05, 0) is 52.2 Å². The van der Waals surface area contributed by atoms with Crippen molar-refractivity contribution in [3.8, 4) is 5.75 Å². The summed E-state index contributed by atoms with van der Waals surface area (Å²) in [5.41, 5.74) is 0.721. The van der Waals surface area contributed by atoms with Gasteiger partial charge in [0.25, 0.3) is 0 Å². The molecule has 0 fully saturated rings. The topological polar surface area (TPSA) is 61.9 Å². The van der Waals surface area contributed by atoms with E-state index in [2.05, 4.69) is 5.32 Å². The minimum atomic E-state index is -0.108. The fraction of sp³-hybridized carbons (Fsp3) is 0.556. The van der Waals surface area contributed by atoms with E-state index in [1.807, 2.05) is 57.1 Å². The Hall–Kier alpha value is -2.08. The van der Waals surface area contributed by atoms with Crippen LogP contribution in [0.4, 0.5) is 5.69 Å². The quantitative estimate of drug-likeness (QED) is 0.752. The van der Waals surface area contributed by atoms with Crippen molar-refractivity contribution in [1.82, 2.24) is 9.80 Å². The molecule has 1 N–H and O–H groups in total. The first-order chi connectivity index (χ1) is 11.3. The number of carbonyl (C=O) groups is 2. The molecule has 0 aliphatic heterocycles. The van der Waals surface area contributed by atoms with Gasteiger partial charge in [-0.25, -0.2) is 0 Å². The smallest absolute Gasteiger partial charge is 0.226 e. The number of hydrogen-bond acceptors (Lipinski definition) is 4. The first-order valence-corrected chi connectivity index (χ1v) is 8.24. The van der Waals surface area contributed by atoms with Gasteiger partial charge < -0.3 is 19.9 Å². The lowest BCUT2D eigenvalue weighted by Gasteiger charge is -2.22. The third-order valence-corrected chi connectivity index (χ3v) is 3.38. The minimum absolute atomic E-state index is 0.0140. The molecular formula is C18H29N3O3. The molecule has 0 radical (unpaired) electrons. The number of rotatable bonds is 9. The van der Waals surface area contributed by atoms with Crippen molar-refractivity contribution < 1.29 is 14.3 Å². The van der Waals surface area contributed by atoms with Gasteiger partial charge in [0.15, 0.2) is 0 Å². The van der Waals surface area contributed by atoms with Crippen molar-refractivity contribution in [2.45, 2.75) is 33.3 Å². The van der Waals surface area contributed by atoms with Crippen molar-refractivity contribution >= 4 is 17.5 Å². The molecule has 0 saturated carbocycles. The maximum Gasteiger partial charge on any atom is 0.226 e. The van der Waals surface area contributed by atoms with Gasteiger partial charge in [-0.2, -0.15) is 0 Å². The summed E-state index contributed by atoms with van der Waals surface area (Å²) in [5, 5.41) is 2.84. The second kappa shape index (κ2) is 9.93. The Morgan fingerprint density at radius 3 is 2.21 bits per heavy atom. The molecule has 2 amide bonds. The summed E-state index contributed by atoms with van der Waals surface area (Å²) in [6.07, 6.45) is 0.391. The third-order valence-electron chi connectivity index (χ3n) is 3.38. The van der Waals surface area contributed by atoms with Gasteiger partial charge in [-0.3, -0.25) is 9.59 Å². The number of carbonyl (C=O) groups excluding carboxylic acids is 2. The first-order valence-electron chi connectivity index (χ1n) is 8.24. The van der Waals surface area contributed by atoms with Crippen LogP contribution < -0.4 is 10.1 Å². The molecular weight excluding hydrogens is 306 g/mol. The van der Waals surface area contributed by atoms with Gasteiger partial charge in [0.2, 0.25) is 11.8 Å². The second-order valence-corrected chi connectivity index (χ2v) is 6.30. The molecule has 6 nitrogen and oxygen atoms in total. The Labute approximate surface area is 144 Å². The van der Waals surface area contributed by atoms with Crippen LogP contribution in [0.3, 0.4) is 0 Å². The zero-order valence-corrected chi connectivity index (χ0v) is 15.3. The summed E-state index contributed by atoms with van der Waals surface area (Å²) >= 11 is 0. The number of ether oxygens (including phenoxy) is 1. The highest BCUT2D eigenvalue weighted by molar-refractivity contribution is 5.91. The van der Waals surface area contributed by atoms with Crippen LogP contribution in [0.2, 0.25) is 0 Å². The molecule has 0 bridgehead atoms. The average Bonchev–Trinajstić information content (AvgIpc) is 2.48. The molecule has 24 heavy (non-hydrogen) atoms. The molecule has 0 unspecified atom stereocenters. The lowest BCUT2D eigenvalue weighted by Crippen LogP contribution is -2.37. The largest absolute Gasteiger partial charge is 0.491 e. The van der Waals surface area contributed by atoms with E-state index in [1.165, 1.54) is 6.92 Å².